The van der Waals surface area contributed by atoms with Crippen LogP contribution in [0.25, 0.3) is 16.9 Å². The van der Waals surface area contributed by atoms with Crippen LogP contribution in [0.15, 0.2) is 48.8 Å². The zero-order chi connectivity index (χ0) is 25.5. The van der Waals surface area contributed by atoms with Crippen molar-refractivity contribution in [2.24, 2.45) is 0 Å². The van der Waals surface area contributed by atoms with Gasteiger partial charge in [-0.2, -0.15) is 0 Å². The highest BCUT2D eigenvalue weighted by Gasteiger charge is 2.28. The second-order valence-electron chi connectivity index (χ2n) is 9.87. The van der Waals surface area contributed by atoms with E-state index in [1.165, 1.54) is 17.7 Å². The van der Waals surface area contributed by atoms with Crippen molar-refractivity contribution in [3.8, 4) is 11.3 Å². The Balaban J connectivity index is 1.36. The number of carbonyl (C=O) groups excluding carboxylic acids is 1. The number of pyridine rings is 2. The fraction of sp³-hybridized carbons (Fsp3) is 0.321. The molecule has 37 heavy (non-hydrogen) atoms. The van der Waals surface area contributed by atoms with Crippen molar-refractivity contribution in [1.82, 2.24) is 25.0 Å². The minimum absolute atomic E-state index is 0.138. The van der Waals surface area contributed by atoms with Crippen molar-refractivity contribution < 1.29 is 13.9 Å². The maximum atomic E-state index is 13.7. The lowest BCUT2D eigenvalue weighted by atomic mass is 9.96. The quantitative estimate of drug-likeness (QED) is 0.346. The molecule has 0 saturated carbocycles. The lowest BCUT2D eigenvalue weighted by Crippen LogP contribution is -2.24. The standard InChI is InChI=1S/C28H29FN6O2/c1-16(2)30-13-23-19(17-8-10-37-15-17)4-6-25(34-23)33-22-5-3-20(21-12-32-28(36)27(21)22)24-14-31-26-11-18(29)7-9-35(24)26/h3-7,9,11,14,16-17,30H,8,10,12-13,15H2,1-2H3,(H,32,36)(H,33,34)/t17-/m1/s1. The van der Waals surface area contributed by atoms with Gasteiger partial charge in [-0.15, -0.1) is 0 Å². The lowest BCUT2D eigenvalue weighted by Gasteiger charge is -2.18. The summed E-state index contributed by atoms with van der Waals surface area (Å²) >= 11 is 0. The van der Waals surface area contributed by atoms with Crippen LogP contribution in [0.4, 0.5) is 15.9 Å². The third kappa shape index (κ3) is 4.45. The predicted molar refractivity (Wildman–Crippen MR) is 139 cm³/mol. The van der Waals surface area contributed by atoms with Crippen LogP contribution in [-0.4, -0.2) is 39.5 Å². The highest BCUT2D eigenvalue weighted by molar-refractivity contribution is 6.06. The summed E-state index contributed by atoms with van der Waals surface area (Å²) in [5.41, 5.74) is 6.56. The highest BCUT2D eigenvalue weighted by Crippen LogP contribution is 2.36. The van der Waals surface area contributed by atoms with Crippen LogP contribution >= 0.6 is 0 Å². The summed E-state index contributed by atoms with van der Waals surface area (Å²) in [6.07, 6.45) is 4.36. The van der Waals surface area contributed by atoms with E-state index in [2.05, 4.69) is 40.8 Å². The number of anilines is 2. The second-order valence-corrected chi connectivity index (χ2v) is 9.87. The molecule has 0 unspecified atom stereocenters. The Hall–Kier alpha value is -3.82. The van der Waals surface area contributed by atoms with Crippen LogP contribution in [0.5, 0.6) is 0 Å². The number of fused-ring (bicyclic) bond motifs is 2. The number of carbonyl (C=O) groups is 1. The Bertz CT molecular complexity index is 1490. The first-order chi connectivity index (χ1) is 18.0. The van der Waals surface area contributed by atoms with E-state index >= 15 is 0 Å². The number of nitrogens with zero attached hydrogens (tertiary/aromatic N) is 3. The van der Waals surface area contributed by atoms with Crippen molar-refractivity contribution in [3.05, 3.63) is 77.0 Å². The molecule has 6 rings (SSSR count). The molecule has 3 aromatic heterocycles. The smallest absolute Gasteiger partial charge is 0.254 e. The molecule has 4 aromatic rings. The van der Waals surface area contributed by atoms with Crippen LogP contribution in [0, 0.1) is 5.82 Å². The van der Waals surface area contributed by atoms with E-state index < -0.39 is 0 Å². The van der Waals surface area contributed by atoms with E-state index in [0.29, 0.717) is 54.4 Å². The molecule has 0 bridgehead atoms. The monoisotopic (exact) mass is 500 g/mol. The van der Waals surface area contributed by atoms with Crippen LogP contribution in [0.1, 0.15) is 53.4 Å². The van der Waals surface area contributed by atoms with Gasteiger partial charge < -0.3 is 20.7 Å². The third-order valence-corrected chi connectivity index (χ3v) is 7.04. The molecule has 1 saturated heterocycles. The Morgan fingerprint density at radius 1 is 1.24 bits per heavy atom. The first-order valence-corrected chi connectivity index (χ1v) is 12.6. The molecule has 0 spiro atoms. The molecule has 8 nitrogen and oxygen atoms in total. The summed E-state index contributed by atoms with van der Waals surface area (Å²) in [4.78, 5) is 22.2. The molecule has 2 aliphatic heterocycles. The van der Waals surface area contributed by atoms with Gasteiger partial charge in [0.2, 0.25) is 0 Å². The van der Waals surface area contributed by atoms with E-state index in [1.54, 1.807) is 12.4 Å². The summed E-state index contributed by atoms with van der Waals surface area (Å²) < 4.78 is 21.1. The summed E-state index contributed by atoms with van der Waals surface area (Å²) in [7, 11) is 0. The molecule has 190 valence electrons. The number of hydrogen-bond donors (Lipinski definition) is 3. The topological polar surface area (TPSA) is 92.6 Å². The van der Waals surface area contributed by atoms with Gasteiger partial charge in [-0.25, -0.2) is 14.4 Å². The maximum absolute atomic E-state index is 13.7. The zero-order valence-corrected chi connectivity index (χ0v) is 20.8. The molecule has 1 atom stereocenters. The van der Waals surface area contributed by atoms with Crippen LogP contribution in [0.2, 0.25) is 0 Å². The number of benzene rings is 1. The molecule has 9 heteroatoms. The van der Waals surface area contributed by atoms with Crippen LogP contribution < -0.4 is 16.0 Å². The van der Waals surface area contributed by atoms with Gasteiger partial charge >= 0.3 is 0 Å². The minimum atomic E-state index is -0.340. The van der Waals surface area contributed by atoms with Crippen molar-refractivity contribution in [3.63, 3.8) is 0 Å². The number of halogens is 1. The van der Waals surface area contributed by atoms with E-state index in [0.717, 1.165) is 35.5 Å². The van der Waals surface area contributed by atoms with Gasteiger partial charge in [-0.05, 0) is 35.7 Å². The van der Waals surface area contributed by atoms with Gasteiger partial charge in [0.25, 0.3) is 5.91 Å². The highest BCUT2D eigenvalue weighted by atomic mass is 19.1. The summed E-state index contributed by atoms with van der Waals surface area (Å²) in [6, 6.07) is 11.1. The largest absolute Gasteiger partial charge is 0.381 e. The molecule has 3 N–H and O–H groups in total. The fourth-order valence-electron chi connectivity index (χ4n) is 5.16. The van der Waals surface area contributed by atoms with Gasteiger partial charge in [0.05, 0.1) is 35.4 Å². The number of imidazole rings is 1. The molecule has 1 aromatic carbocycles. The normalized spacial score (nSPS) is 17.0. The van der Waals surface area contributed by atoms with Gasteiger partial charge in [-0.1, -0.05) is 26.0 Å². The Morgan fingerprint density at radius 2 is 2.14 bits per heavy atom. The number of aromatic nitrogens is 3. The molecule has 2 aliphatic rings. The summed E-state index contributed by atoms with van der Waals surface area (Å²) in [5.74, 6) is 0.552. The molecular weight excluding hydrogens is 471 g/mol. The van der Waals surface area contributed by atoms with E-state index in [1.807, 2.05) is 22.6 Å². The van der Waals surface area contributed by atoms with Gasteiger partial charge in [0.15, 0.2) is 0 Å². The van der Waals surface area contributed by atoms with Crippen LogP contribution in [0.3, 0.4) is 0 Å². The number of amides is 1. The number of nitrogens with one attached hydrogen (secondary N) is 3. The predicted octanol–water partition coefficient (Wildman–Crippen LogP) is 4.52. The van der Waals surface area contributed by atoms with E-state index in [9.17, 15) is 9.18 Å². The first-order valence-electron chi connectivity index (χ1n) is 12.6. The van der Waals surface area contributed by atoms with E-state index in [4.69, 9.17) is 9.72 Å². The third-order valence-electron chi connectivity index (χ3n) is 7.04. The number of ether oxygens (including phenoxy) is 1. The second kappa shape index (κ2) is 9.57. The zero-order valence-electron chi connectivity index (χ0n) is 20.8. The summed E-state index contributed by atoms with van der Waals surface area (Å²) in [5, 5.41) is 9.82. The van der Waals surface area contributed by atoms with Crippen molar-refractivity contribution in [2.75, 3.05) is 18.5 Å². The Kier molecular flexibility index (Phi) is 6.10. The van der Waals surface area contributed by atoms with E-state index in [-0.39, 0.29) is 11.7 Å². The lowest BCUT2D eigenvalue weighted by molar-refractivity contribution is 0.0966. The Labute approximate surface area is 214 Å². The average Bonchev–Trinajstić information content (AvgIpc) is 3.64. The molecule has 5 heterocycles. The summed E-state index contributed by atoms with van der Waals surface area (Å²) in [6.45, 7) is 6.79. The van der Waals surface area contributed by atoms with Crippen molar-refractivity contribution in [1.29, 1.82) is 0 Å². The number of hydrogen-bond acceptors (Lipinski definition) is 6. The van der Waals surface area contributed by atoms with Crippen molar-refractivity contribution >= 4 is 23.1 Å². The van der Waals surface area contributed by atoms with Crippen molar-refractivity contribution in [2.45, 2.75) is 45.3 Å². The fourth-order valence-corrected chi connectivity index (χ4v) is 5.16. The number of rotatable bonds is 7. The first kappa shape index (κ1) is 23.6. The molecule has 1 fully saturated rings. The molecule has 1 amide bonds. The van der Waals surface area contributed by atoms with Crippen LogP contribution in [-0.2, 0) is 17.8 Å². The Morgan fingerprint density at radius 3 is 2.95 bits per heavy atom. The van der Waals surface area contributed by atoms with Gasteiger partial charge in [0, 0.05) is 49.5 Å². The molecule has 0 radical (unpaired) electrons. The molecular formula is C28H29FN6O2. The maximum Gasteiger partial charge on any atom is 0.254 e. The average molecular weight is 501 g/mol. The van der Waals surface area contributed by atoms with Gasteiger partial charge in [0.1, 0.15) is 17.3 Å². The minimum Gasteiger partial charge on any atom is -0.381 e. The molecule has 0 aliphatic carbocycles. The van der Waals surface area contributed by atoms with Gasteiger partial charge in [-0.3, -0.25) is 9.20 Å². The SMILES string of the molecule is CC(C)NCc1nc(Nc2ccc(-c3cnc4cc(F)ccn34)c3c2C(=O)NC3)ccc1[C@@H]1CCOC1.